The van der Waals surface area contributed by atoms with Gasteiger partial charge in [-0.25, -0.2) is 0 Å². The van der Waals surface area contributed by atoms with E-state index in [9.17, 15) is 0 Å². The zero-order valence-electron chi connectivity index (χ0n) is 7.60. The first-order valence-electron chi connectivity index (χ1n) is 4.27. The predicted octanol–water partition coefficient (Wildman–Crippen LogP) is -1.65. The number of hydrogen-bond donors (Lipinski definition) is 0. The molecule has 2 aromatic carbocycles. The molecule has 14 heavy (non-hydrogen) atoms. The molecule has 0 spiro atoms. The SMILES string of the molecule is [Cl-].c1ccc([As]c2ccccc2)cc1. The van der Waals surface area contributed by atoms with Crippen molar-refractivity contribution in [3.63, 3.8) is 0 Å². The molecule has 0 nitrogen and oxygen atoms in total. The molecule has 71 valence electrons. The molecule has 2 aromatic rings. The fourth-order valence-corrected chi connectivity index (χ4v) is 3.13. The summed E-state index contributed by atoms with van der Waals surface area (Å²) in [5.41, 5.74) is 0. The van der Waals surface area contributed by atoms with Gasteiger partial charge in [0.25, 0.3) is 0 Å². The van der Waals surface area contributed by atoms with Gasteiger partial charge in [0.2, 0.25) is 0 Å². The van der Waals surface area contributed by atoms with Crippen molar-refractivity contribution in [2.24, 2.45) is 0 Å². The second kappa shape index (κ2) is 5.90. The topological polar surface area (TPSA) is 0 Å². The first-order valence-corrected chi connectivity index (χ1v) is 6.15. The molecule has 0 fully saturated rings. The molecule has 0 bridgehead atoms. The van der Waals surface area contributed by atoms with E-state index in [1.165, 1.54) is 8.70 Å². The summed E-state index contributed by atoms with van der Waals surface area (Å²) in [6.07, 6.45) is 0. The molecule has 0 N–H and O–H groups in total. The van der Waals surface area contributed by atoms with Gasteiger partial charge >= 0.3 is 85.1 Å². The Morgan fingerprint density at radius 1 is 0.571 bits per heavy atom. The van der Waals surface area contributed by atoms with E-state index in [-0.39, 0.29) is 28.2 Å². The van der Waals surface area contributed by atoms with Crippen LogP contribution in [0.1, 0.15) is 0 Å². The van der Waals surface area contributed by atoms with Crippen LogP contribution in [0.5, 0.6) is 0 Å². The van der Waals surface area contributed by atoms with E-state index in [4.69, 9.17) is 0 Å². The third kappa shape index (κ3) is 3.21. The second-order valence-corrected chi connectivity index (χ2v) is 5.42. The number of hydrogen-bond acceptors (Lipinski definition) is 0. The van der Waals surface area contributed by atoms with Crippen molar-refractivity contribution >= 4 is 24.5 Å². The van der Waals surface area contributed by atoms with Gasteiger partial charge in [0.05, 0.1) is 0 Å². The molecule has 0 aromatic heterocycles. The molecular weight excluding hydrogens is 255 g/mol. The van der Waals surface area contributed by atoms with Crippen LogP contribution >= 0.6 is 0 Å². The van der Waals surface area contributed by atoms with E-state index in [1.54, 1.807) is 0 Å². The van der Waals surface area contributed by atoms with Crippen LogP contribution in [-0.4, -0.2) is 15.8 Å². The van der Waals surface area contributed by atoms with E-state index in [1.807, 2.05) is 0 Å². The van der Waals surface area contributed by atoms with E-state index < -0.39 is 0 Å². The van der Waals surface area contributed by atoms with Crippen LogP contribution in [0, 0.1) is 0 Å². The molecule has 0 saturated carbocycles. The molecule has 0 atom stereocenters. The zero-order chi connectivity index (χ0) is 8.93. The summed E-state index contributed by atoms with van der Waals surface area (Å²) in [7, 11) is 0. The zero-order valence-corrected chi connectivity index (χ0v) is 10.2. The Kier molecular flexibility index (Phi) is 4.79. The van der Waals surface area contributed by atoms with Crippen molar-refractivity contribution in [3.05, 3.63) is 60.7 Å². The Morgan fingerprint density at radius 3 is 1.29 bits per heavy atom. The Bertz CT molecular complexity index is 321. The van der Waals surface area contributed by atoms with Crippen molar-refractivity contribution in [3.8, 4) is 0 Å². The molecular formula is C12H10AsCl-. The Labute approximate surface area is 97.5 Å². The summed E-state index contributed by atoms with van der Waals surface area (Å²) in [5.74, 6) is 0. The molecule has 2 heteroatoms. The molecule has 0 heterocycles. The Hall–Kier alpha value is -0.712. The third-order valence-electron chi connectivity index (χ3n) is 1.77. The number of benzene rings is 2. The van der Waals surface area contributed by atoms with Crippen LogP contribution in [0.3, 0.4) is 0 Å². The van der Waals surface area contributed by atoms with Crippen LogP contribution < -0.4 is 21.1 Å². The van der Waals surface area contributed by atoms with Crippen molar-refractivity contribution in [2.45, 2.75) is 0 Å². The minimum atomic E-state index is 0. The second-order valence-electron chi connectivity index (χ2n) is 2.78. The van der Waals surface area contributed by atoms with Gasteiger partial charge in [-0.15, -0.1) is 0 Å². The van der Waals surface area contributed by atoms with Gasteiger partial charge in [-0.2, -0.15) is 0 Å². The molecule has 0 aliphatic heterocycles. The molecule has 0 saturated heterocycles. The third-order valence-corrected chi connectivity index (χ3v) is 4.11. The van der Waals surface area contributed by atoms with E-state index in [0.717, 1.165) is 0 Å². The van der Waals surface area contributed by atoms with Crippen LogP contribution in [0.4, 0.5) is 0 Å². The fraction of sp³-hybridized carbons (Fsp3) is 0. The van der Waals surface area contributed by atoms with Gasteiger partial charge in [-0.1, -0.05) is 0 Å². The van der Waals surface area contributed by atoms with Crippen LogP contribution in [0.2, 0.25) is 0 Å². The van der Waals surface area contributed by atoms with Crippen molar-refractivity contribution in [2.75, 3.05) is 0 Å². The Morgan fingerprint density at radius 2 is 0.929 bits per heavy atom. The standard InChI is InChI=1S/C12H10As.ClH/c1-3-7-11(8-4-1)13-12-9-5-2-6-10-12;/h1-10H;1H/p-1. The maximum absolute atomic E-state index is 2.20. The van der Waals surface area contributed by atoms with Gasteiger partial charge in [-0.05, 0) is 0 Å². The predicted molar refractivity (Wildman–Crippen MR) is 57.9 cm³/mol. The molecule has 0 aliphatic carbocycles. The van der Waals surface area contributed by atoms with Crippen LogP contribution in [0.15, 0.2) is 60.7 Å². The van der Waals surface area contributed by atoms with Gasteiger partial charge in [0.1, 0.15) is 0 Å². The summed E-state index contributed by atoms with van der Waals surface area (Å²) in [6, 6.07) is 21.4. The molecule has 0 unspecified atom stereocenters. The van der Waals surface area contributed by atoms with Crippen LogP contribution in [0.25, 0.3) is 0 Å². The molecule has 0 aliphatic rings. The van der Waals surface area contributed by atoms with Crippen LogP contribution in [-0.2, 0) is 0 Å². The van der Waals surface area contributed by atoms with Crippen molar-refractivity contribution in [1.82, 2.24) is 0 Å². The normalized spacial score (nSPS) is 9.14. The summed E-state index contributed by atoms with van der Waals surface area (Å²) >= 11 is 0.177. The quantitative estimate of drug-likeness (QED) is 0.570. The van der Waals surface area contributed by atoms with Gasteiger partial charge in [0.15, 0.2) is 0 Å². The first-order chi connectivity index (χ1) is 6.45. The minimum absolute atomic E-state index is 0. The summed E-state index contributed by atoms with van der Waals surface area (Å²) in [6.45, 7) is 0. The summed E-state index contributed by atoms with van der Waals surface area (Å²) in [4.78, 5) is 0. The Balaban J connectivity index is 0.000000980. The van der Waals surface area contributed by atoms with E-state index >= 15 is 0 Å². The number of rotatable bonds is 2. The average Bonchev–Trinajstić information content (AvgIpc) is 2.21. The fourth-order valence-electron chi connectivity index (χ4n) is 1.15. The summed E-state index contributed by atoms with van der Waals surface area (Å²) in [5, 5.41) is 0. The van der Waals surface area contributed by atoms with E-state index in [0.29, 0.717) is 0 Å². The van der Waals surface area contributed by atoms with E-state index in [2.05, 4.69) is 60.7 Å². The summed E-state index contributed by atoms with van der Waals surface area (Å²) < 4.78 is 2.93. The van der Waals surface area contributed by atoms with Gasteiger partial charge in [-0.3, -0.25) is 0 Å². The maximum atomic E-state index is 2.20. The average molecular weight is 265 g/mol. The molecule has 0 amide bonds. The van der Waals surface area contributed by atoms with Gasteiger partial charge in [0, 0.05) is 0 Å². The monoisotopic (exact) mass is 264 g/mol. The first kappa shape index (κ1) is 11.4. The molecule has 1 radical (unpaired) electrons. The van der Waals surface area contributed by atoms with Gasteiger partial charge < -0.3 is 12.4 Å². The van der Waals surface area contributed by atoms with Crippen molar-refractivity contribution < 1.29 is 12.4 Å². The molecule has 2 rings (SSSR count). The van der Waals surface area contributed by atoms with Crippen molar-refractivity contribution in [1.29, 1.82) is 0 Å². The number of halogens is 1.